The fraction of sp³-hybridized carbons (Fsp3) is 0.231. The van der Waals surface area contributed by atoms with Gasteiger partial charge in [-0.05, 0) is 79.6 Å². The number of benzene rings is 3. The van der Waals surface area contributed by atoms with Crippen LogP contribution in [0, 0.1) is 0 Å². The minimum absolute atomic E-state index is 0.0419. The molecule has 35 heavy (non-hydrogen) atoms. The van der Waals surface area contributed by atoms with Crippen molar-refractivity contribution in [3.8, 4) is 5.75 Å². The number of ether oxygens (including phenoxy) is 1. The third kappa shape index (κ3) is 6.19. The monoisotopic (exact) mass is 493 g/mol. The van der Waals surface area contributed by atoms with Crippen LogP contribution < -0.4 is 14.8 Å². The van der Waals surface area contributed by atoms with E-state index in [1.807, 2.05) is 30.0 Å². The number of carbonyl (C=O) groups is 2. The molecule has 0 saturated carbocycles. The number of anilines is 2. The van der Waals surface area contributed by atoms with Crippen molar-refractivity contribution in [1.29, 1.82) is 0 Å². The highest BCUT2D eigenvalue weighted by Crippen LogP contribution is 2.21. The van der Waals surface area contributed by atoms with Gasteiger partial charge in [-0.15, -0.1) is 0 Å². The number of hydrogen-bond donors (Lipinski definition) is 2. The van der Waals surface area contributed by atoms with Gasteiger partial charge in [0.1, 0.15) is 5.75 Å². The quantitative estimate of drug-likeness (QED) is 0.463. The molecule has 1 saturated heterocycles. The molecule has 0 radical (unpaired) electrons. The Morgan fingerprint density at radius 1 is 1.00 bits per heavy atom. The summed E-state index contributed by atoms with van der Waals surface area (Å²) in [5, 5.41) is 2.83. The van der Waals surface area contributed by atoms with E-state index < -0.39 is 10.0 Å². The standard InChI is InChI=1S/C26H27N3O5S/c1-2-34-23-12-10-21(11-13-23)28-35(32,33)24-14-8-20(9-15-24)26(31)27-22-6-3-5-19(17-22)18-29-16-4-7-25(29)30/h3,5-6,8-15,17,28H,2,4,7,16,18H2,1H3,(H,27,31). The van der Waals surface area contributed by atoms with Gasteiger partial charge in [-0.1, -0.05) is 12.1 Å². The minimum Gasteiger partial charge on any atom is -0.494 e. The van der Waals surface area contributed by atoms with Crippen molar-refractivity contribution < 1.29 is 22.7 Å². The molecule has 0 atom stereocenters. The number of nitrogens with one attached hydrogen (secondary N) is 2. The van der Waals surface area contributed by atoms with Crippen LogP contribution in [0.2, 0.25) is 0 Å². The highest BCUT2D eigenvalue weighted by atomic mass is 32.2. The number of rotatable bonds is 9. The van der Waals surface area contributed by atoms with Crippen LogP contribution in [0.1, 0.15) is 35.7 Å². The molecule has 0 aromatic heterocycles. The summed E-state index contributed by atoms with van der Waals surface area (Å²) in [5.74, 6) is 0.440. The van der Waals surface area contributed by atoms with Gasteiger partial charge in [0, 0.05) is 36.4 Å². The van der Waals surface area contributed by atoms with E-state index in [0.717, 1.165) is 18.5 Å². The average Bonchev–Trinajstić information content (AvgIpc) is 3.25. The molecule has 182 valence electrons. The smallest absolute Gasteiger partial charge is 0.261 e. The molecular weight excluding hydrogens is 466 g/mol. The maximum atomic E-state index is 12.7. The van der Waals surface area contributed by atoms with Crippen molar-refractivity contribution in [1.82, 2.24) is 4.90 Å². The van der Waals surface area contributed by atoms with E-state index in [1.165, 1.54) is 24.3 Å². The number of likely N-dealkylation sites (tertiary alicyclic amines) is 1. The molecule has 2 amide bonds. The average molecular weight is 494 g/mol. The van der Waals surface area contributed by atoms with Crippen LogP contribution in [-0.2, 0) is 21.4 Å². The van der Waals surface area contributed by atoms with E-state index in [-0.39, 0.29) is 16.7 Å². The molecule has 2 N–H and O–H groups in total. The normalized spacial score (nSPS) is 13.5. The summed E-state index contributed by atoms with van der Waals surface area (Å²) in [4.78, 5) is 26.4. The molecule has 8 nitrogen and oxygen atoms in total. The SMILES string of the molecule is CCOc1ccc(NS(=O)(=O)c2ccc(C(=O)Nc3cccc(CN4CCCC4=O)c3)cc2)cc1. The van der Waals surface area contributed by atoms with Crippen molar-refractivity contribution in [3.63, 3.8) is 0 Å². The second kappa shape index (κ2) is 10.6. The summed E-state index contributed by atoms with van der Waals surface area (Å²) >= 11 is 0. The van der Waals surface area contributed by atoms with E-state index >= 15 is 0 Å². The maximum Gasteiger partial charge on any atom is 0.261 e. The molecule has 4 rings (SSSR count). The summed E-state index contributed by atoms with van der Waals surface area (Å²) in [5.41, 5.74) is 2.27. The van der Waals surface area contributed by atoms with E-state index in [4.69, 9.17) is 4.74 Å². The van der Waals surface area contributed by atoms with Gasteiger partial charge < -0.3 is 15.0 Å². The third-order valence-electron chi connectivity index (χ3n) is 5.57. The third-order valence-corrected chi connectivity index (χ3v) is 6.97. The first-order chi connectivity index (χ1) is 16.8. The molecule has 1 fully saturated rings. The second-order valence-electron chi connectivity index (χ2n) is 8.16. The fourth-order valence-electron chi connectivity index (χ4n) is 3.83. The lowest BCUT2D eigenvalue weighted by atomic mass is 10.1. The van der Waals surface area contributed by atoms with Crippen LogP contribution >= 0.6 is 0 Å². The minimum atomic E-state index is -3.82. The Labute approximate surface area is 205 Å². The van der Waals surface area contributed by atoms with Crippen LogP contribution in [-0.4, -0.2) is 38.3 Å². The van der Waals surface area contributed by atoms with Crippen LogP contribution in [0.3, 0.4) is 0 Å². The van der Waals surface area contributed by atoms with Crippen LogP contribution in [0.5, 0.6) is 5.75 Å². The summed E-state index contributed by atoms with van der Waals surface area (Å²) in [6.07, 6.45) is 1.45. The zero-order valence-electron chi connectivity index (χ0n) is 19.4. The van der Waals surface area contributed by atoms with Crippen molar-refractivity contribution in [2.75, 3.05) is 23.2 Å². The lowest BCUT2D eigenvalue weighted by Crippen LogP contribution is -2.23. The van der Waals surface area contributed by atoms with Gasteiger partial charge in [-0.2, -0.15) is 0 Å². The first kappa shape index (κ1) is 24.3. The molecule has 1 aliphatic rings. The Kier molecular flexibility index (Phi) is 7.36. The van der Waals surface area contributed by atoms with E-state index in [2.05, 4.69) is 10.0 Å². The fourth-order valence-corrected chi connectivity index (χ4v) is 4.89. The summed E-state index contributed by atoms with van der Waals surface area (Å²) < 4.78 is 33.3. The molecule has 1 aliphatic heterocycles. The number of amides is 2. The number of hydrogen-bond acceptors (Lipinski definition) is 5. The molecule has 3 aromatic rings. The van der Waals surface area contributed by atoms with Gasteiger partial charge in [-0.25, -0.2) is 8.42 Å². The van der Waals surface area contributed by atoms with Crippen molar-refractivity contribution in [2.24, 2.45) is 0 Å². The molecule has 0 aliphatic carbocycles. The Bertz CT molecular complexity index is 1310. The predicted octanol–water partition coefficient (Wildman–Crippen LogP) is 4.26. The van der Waals surface area contributed by atoms with Crippen LogP contribution in [0.25, 0.3) is 0 Å². The molecule has 3 aromatic carbocycles. The molecule has 0 unspecified atom stereocenters. The van der Waals surface area contributed by atoms with Gasteiger partial charge >= 0.3 is 0 Å². The highest BCUT2D eigenvalue weighted by molar-refractivity contribution is 7.92. The summed E-state index contributed by atoms with van der Waals surface area (Å²) in [6.45, 7) is 3.65. The molecule has 1 heterocycles. The van der Waals surface area contributed by atoms with E-state index in [0.29, 0.717) is 42.3 Å². The first-order valence-corrected chi connectivity index (χ1v) is 12.9. The molecule has 9 heteroatoms. The van der Waals surface area contributed by atoms with Gasteiger partial charge in [0.25, 0.3) is 15.9 Å². The zero-order valence-corrected chi connectivity index (χ0v) is 20.2. The van der Waals surface area contributed by atoms with E-state index in [9.17, 15) is 18.0 Å². The zero-order chi connectivity index (χ0) is 24.8. The van der Waals surface area contributed by atoms with Crippen molar-refractivity contribution in [3.05, 3.63) is 83.9 Å². The van der Waals surface area contributed by atoms with Gasteiger partial charge in [0.15, 0.2) is 0 Å². The predicted molar refractivity (Wildman–Crippen MR) is 134 cm³/mol. The topological polar surface area (TPSA) is 105 Å². The van der Waals surface area contributed by atoms with Gasteiger partial charge in [0.2, 0.25) is 5.91 Å². The van der Waals surface area contributed by atoms with Crippen molar-refractivity contribution in [2.45, 2.75) is 31.2 Å². The molecule has 0 spiro atoms. The lowest BCUT2D eigenvalue weighted by Gasteiger charge is -2.16. The lowest BCUT2D eigenvalue weighted by molar-refractivity contribution is -0.128. The van der Waals surface area contributed by atoms with E-state index in [1.54, 1.807) is 30.3 Å². The maximum absolute atomic E-state index is 12.7. The molecule has 0 bridgehead atoms. The second-order valence-corrected chi connectivity index (χ2v) is 9.84. The van der Waals surface area contributed by atoms with Crippen LogP contribution in [0.4, 0.5) is 11.4 Å². The Morgan fingerprint density at radius 3 is 2.40 bits per heavy atom. The summed E-state index contributed by atoms with van der Waals surface area (Å²) in [6, 6.07) is 19.7. The molecular formula is C26H27N3O5S. The largest absolute Gasteiger partial charge is 0.494 e. The number of nitrogens with zero attached hydrogens (tertiary/aromatic N) is 1. The van der Waals surface area contributed by atoms with Crippen molar-refractivity contribution >= 4 is 33.2 Å². The van der Waals surface area contributed by atoms with Gasteiger partial charge in [-0.3, -0.25) is 14.3 Å². The Balaban J connectivity index is 1.39. The summed E-state index contributed by atoms with van der Waals surface area (Å²) in [7, 11) is -3.82. The van der Waals surface area contributed by atoms with Crippen LogP contribution in [0.15, 0.2) is 77.7 Å². The number of sulfonamides is 1. The first-order valence-electron chi connectivity index (χ1n) is 11.4. The highest BCUT2D eigenvalue weighted by Gasteiger charge is 2.20. The Hall–Kier alpha value is -3.85. The number of carbonyl (C=O) groups excluding carboxylic acids is 2. The van der Waals surface area contributed by atoms with Gasteiger partial charge in [0.05, 0.1) is 11.5 Å². The Morgan fingerprint density at radius 2 is 1.74 bits per heavy atom.